The fourth-order valence-electron chi connectivity index (χ4n) is 3.59. The third-order valence-electron chi connectivity index (χ3n) is 5.59. The van der Waals surface area contributed by atoms with E-state index in [1.54, 1.807) is 20.9 Å². The maximum atomic E-state index is 12.4. The van der Waals surface area contributed by atoms with Gasteiger partial charge in [-0.25, -0.2) is 14.3 Å². The first kappa shape index (κ1) is 23.5. The van der Waals surface area contributed by atoms with Gasteiger partial charge in [0.25, 0.3) is 0 Å². The molecule has 1 saturated heterocycles. The van der Waals surface area contributed by atoms with Crippen LogP contribution in [-0.2, 0) is 14.3 Å². The molecule has 4 rings (SSSR count). The van der Waals surface area contributed by atoms with Gasteiger partial charge in [0.1, 0.15) is 12.1 Å². The molecule has 0 bridgehead atoms. The monoisotopic (exact) mass is 466 g/mol. The molecule has 0 atom stereocenters. The summed E-state index contributed by atoms with van der Waals surface area (Å²) in [7, 11) is 1.68. The lowest BCUT2D eigenvalue weighted by molar-refractivity contribution is -0.147. The third-order valence-corrected chi connectivity index (χ3v) is 5.59. The maximum absolute atomic E-state index is 12.4. The molecule has 0 spiro atoms. The van der Waals surface area contributed by atoms with Gasteiger partial charge >= 0.3 is 12.0 Å². The van der Waals surface area contributed by atoms with E-state index in [2.05, 4.69) is 15.3 Å². The highest BCUT2D eigenvalue weighted by atomic mass is 16.5. The highest BCUT2D eigenvalue weighted by Crippen LogP contribution is 2.26. The topological polar surface area (TPSA) is 101 Å². The van der Waals surface area contributed by atoms with Crippen LogP contribution in [0, 0.1) is 5.92 Å². The quantitative estimate of drug-likeness (QED) is 0.422. The number of urea groups is 1. The number of esters is 1. The molecule has 1 aliphatic rings. The van der Waals surface area contributed by atoms with E-state index in [9.17, 15) is 9.59 Å². The third kappa shape index (κ3) is 5.28. The second-order valence-electron chi connectivity index (χ2n) is 8.36. The molecule has 10 heteroatoms. The van der Waals surface area contributed by atoms with E-state index in [4.69, 9.17) is 14.5 Å². The van der Waals surface area contributed by atoms with Crippen molar-refractivity contribution in [1.82, 2.24) is 19.9 Å². The van der Waals surface area contributed by atoms with E-state index < -0.39 is 0 Å². The van der Waals surface area contributed by atoms with Crippen LogP contribution >= 0.6 is 0 Å². The second-order valence-corrected chi connectivity index (χ2v) is 8.36. The SMILES string of the molecule is CC(C)C(=O)OCCNC(=O)N(C)c1ccc(-c2nc(N3CCOCC3)c3cccn3n2)cc1. The van der Waals surface area contributed by atoms with Gasteiger partial charge in [-0.1, -0.05) is 13.8 Å². The first-order chi connectivity index (χ1) is 16.4. The molecule has 1 N–H and O–H groups in total. The van der Waals surface area contributed by atoms with Crippen LogP contribution in [0.1, 0.15) is 13.8 Å². The van der Waals surface area contributed by atoms with Crippen LogP contribution in [-0.4, -0.2) is 73.1 Å². The summed E-state index contributed by atoms with van der Waals surface area (Å²) in [6, 6.07) is 11.2. The number of aromatic nitrogens is 3. The second kappa shape index (κ2) is 10.5. The predicted molar refractivity (Wildman–Crippen MR) is 129 cm³/mol. The average Bonchev–Trinajstić information content (AvgIpc) is 3.34. The highest BCUT2D eigenvalue weighted by molar-refractivity contribution is 5.91. The van der Waals surface area contributed by atoms with Crippen molar-refractivity contribution in [1.29, 1.82) is 0 Å². The molecule has 3 aromatic rings. The number of fused-ring (bicyclic) bond motifs is 1. The van der Waals surface area contributed by atoms with Crippen molar-refractivity contribution < 1.29 is 19.1 Å². The minimum Gasteiger partial charge on any atom is -0.464 e. The van der Waals surface area contributed by atoms with Gasteiger partial charge in [0.2, 0.25) is 0 Å². The normalized spacial score (nSPS) is 13.8. The van der Waals surface area contributed by atoms with Crippen molar-refractivity contribution in [3.63, 3.8) is 0 Å². The smallest absolute Gasteiger partial charge is 0.321 e. The first-order valence-electron chi connectivity index (χ1n) is 11.4. The number of carbonyl (C=O) groups is 2. The number of benzene rings is 1. The van der Waals surface area contributed by atoms with Gasteiger partial charge in [0.15, 0.2) is 11.6 Å². The molecule has 1 fully saturated rings. The van der Waals surface area contributed by atoms with Crippen molar-refractivity contribution >= 4 is 29.0 Å². The van der Waals surface area contributed by atoms with Crippen LogP contribution in [0.2, 0.25) is 0 Å². The fraction of sp³-hybridized carbons (Fsp3) is 0.417. The zero-order valence-corrected chi connectivity index (χ0v) is 19.7. The van der Waals surface area contributed by atoms with Gasteiger partial charge in [0.05, 0.1) is 25.7 Å². The summed E-state index contributed by atoms with van der Waals surface area (Å²) in [4.78, 5) is 32.5. The molecular formula is C24H30N6O4. The van der Waals surface area contributed by atoms with Gasteiger partial charge < -0.3 is 19.7 Å². The zero-order chi connectivity index (χ0) is 24.1. The van der Waals surface area contributed by atoms with E-state index >= 15 is 0 Å². The largest absolute Gasteiger partial charge is 0.464 e. The predicted octanol–water partition coefficient (Wildman–Crippen LogP) is 2.58. The summed E-state index contributed by atoms with van der Waals surface area (Å²) in [6.07, 6.45) is 1.91. The number of nitrogens with one attached hydrogen (secondary N) is 1. The lowest BCUT2D eigenvalue weighted by atomic mass is 10.2. The van der Waals surface area contributed by atoms with Crippen molar-refractivity contribution in [2.24, 2.45) is 5.92 Å². The van der Waals surface area contributed by atoms with E-state index in [0.717, 1.165) is 35.7 Å². The zero-order valence-electron chi connectivity index (χ0n) is 19.7. The van der Waals surface area contributed by atoms with Gasteiger partial charge in [-0.15, -0.1) is 5.10 Å². The van der Waals surface area contributed by atoms with Crippen LogP contribution in [0.25, 0.3) is 16.9 Å². The Hall–Kier alpha value is -3.66. The minimum atomic E-state index is -0.284. The number of ether oxygens (including phenoxy) is 2. The first-order valence-corrected chi connectivity index (χ1v) is 11.4. The van der Waals surface area contributed by atoms with Crippen LogP contribution in [0.4, 0.5) is 16.3 Å². The fourth-order valence-corrected chi connectivity index (χ4v) is 3.59. The number of amides is 2. The molecule has 180 valence electrons. The molecule has 0 aliphatic carbocycles. The number of carbonyl (C=O) groups excluding carboxylic acids is 2. The Morgan fingerprint density at radius 1 is 1.18 bits per heavy atom. The molecule has 1 aromatic carbocycles. The Morgan fingerprint density at radius 3 is 2.62 bits per heavy atom. The van der Waals surface area contributed by atoms with Gasteiger partial charge in [-0.05, 0) is 36.4 Å². The lowest BCUT2D eigenvalue weighted by Crippen LogP contribution is -2.39. The Kier molecular flexibility index (Phi) is 7.27. The van der Waals surface area contributed by atoms with E-state index in [1.807, 2.05) is 47.1 Å². The van der Waals surface area contributed by atoms with Gasteiger partial charge in [-0.3, -0.25) is 9.69 Å². The standard InChI is InChI=1S/C24H30N6O4/c1-17(2)23(31)34-14-10-25-24(32)28(3)19-8-6-18(7-9-19)21-26-22(29-12-15-33-16-13-29)20-5-4-11-30(20)27-21/h4-9,11,17H,10,12-16H2,1-3H3,(H,25,32). The molecule has 2 amide bonds. The molecule has 34 heavy (non-hydrogen) atoms. The molecule has 0 radical (unpaired) electrons. The summed E-state index contributed by atoms with van der Waals surface area (Å²) in [5.74, 6) is 1.02. The molecule has 1 aliphatic heterocycles. The van der Waals surface area contributed by atoms with Crippen molar-refractivity contribution in [2.45, 2.75) is 13.8 Å². The molecule has 2 aromatic heterocycles. The summed E-state index contributed by atoms with van der Waals surface area (Å²) in [5.41, 5.74) is 2.52. The number of rotatable bonds is 7. The van der Waals surface area contributed by atoms with Crippen LogP contribution in [0.3, 0.4) is 0 Å². The Balaban J connectivity index is 1.44. The van der Waals surface area contributed by atoms with Crippen LogP contribution < -0.4 is 15.1 Å². The number of nitrogens with zero attached hydrogens (tertiary/aromatic N) is 5. The summed E-state index contributed by atoms with van der Waals surface area (Å²) >= 11 is 0. The minimum absolute atomic E-state index is 0.139. The Labute approximate surface area is 198 Å². The van der Waals surface area contributed by atoms with Crippen LogP contribution in [0.5, 0.6) is 0 Å². The number of morpholine rings is 1. The van der Waals surface area contributed by atoms with Gasteiger partial charge in [-0.2, -0.15) is 0 Å². The molecule has 0 saturated carbocycles. The molecular weight excluding hydrogens is 436 g/mol. The number of hydrogen-bond acceptors (Lipinski definition) is 7. The Bertz CT molecular complexity index is 1140. The number of hydrogen-bond donors (Lipinski definition) is 1. The molecule has 0 unspecified atom stereocenters. The maximum Gasteiger partial charge on any atom is 0.321 e. The number of anilines is 2. The highest BCUT2D eigenvalue weighted by Gasteiger charge is 2.18. The van der Waals surface area contributed by atoms with Crippen LogP contribution in [0.15, 0.2) is 42.6 Å². The van der Waals surface area contributed by atoms with E-state index in [1.165, 1.54) is 4.90 Å². The van der Waals surface area contributed by atoms with Crippen molar-refractivity contribution in [2.75, 3.05) is 56.3 Å². The van der Waals surface area contributed by atoms with Gasteiger partial charge in [0, 0.05) is 37.6 Å². The summed E-state index contributed by atoms with van der Waals surface area (Å²) in [5, 5.41) is 7.41. The van der Waals surface area contributed by atoms with Crippen molar-refractivity contribution in [3.05, 3.63) is 42.6 Å². The molecule has 3 heterocycles. The average molecular weight is 467 g/mol. The van der Waals surface area contributed by atoms with Crippen molar-refractivity contribution in [3.8, 4) is 11.4 Å². The van der Waals surface area contributed by atoms with E-state index in [-0.39, 0.29) is 31.1 Å². The lowest BCUT2D eigenvalue weighted by Gasteiger charge is -2.28. The summed E-state index contributed by atoms with van der Waals surface area (Å²) in [6.45, 7) is 6.84. The van der Waals surface area contributed by atoms with E-state index in [0.29, 0.717) is 19.0 Å². The molecule has 10 nitrogen and oxygen atoms in total. The Morgan fingerprint density at radius 2 is 1.91 bits per heavy atom. The summed E-state index contributed by atoms with van der Waals surface area (Å²) < 4.78 is 12.4.